The quantitative estimate of drug-likeness (QED) is 0.777. The Morgan fingerprint density at radius 1 is 1.33 bits per heavy atom. The van der Waals surface area contributed by atoms with Gasteiger partial charge in [-0.25, -0.2) is 0 Å². The van der Waals surface area contributed by atoms with Crippen molar-refractivity contribution in [1.82, 2.24) is 0 Å². The van der Waals surface area contributed by atoms with Gasteiger partial charge in [-0.1, -0.05) is 43.4 Å². The van der Waals surface area contributed by atoms with Gasteiger partial charge in [-0.05, 0) is 17.5 Å². The van der Waals surface area contributed by atoms with Gasteiger partial charge in [0, 0.05) is 15.2 Å². The fourth-order valence-corrected chi connectivity index (χ4v) is 3.10. The van der Waals surface area contributed by atoms with Gasteiger partial charge in [-0.2, -0.15) is 0 Å². The Morgan fingerprint density at radius 3 is 2.40 bits per heavy atom. The summed E-state index contributed by atoms with van der Waals surface area (Å²) < 4.78 is 0. The summed E-state index contributed by atoms with van der Waals surface area (Å²) in [6.45, 7) is 4.44. The second-order valence-corrected chi connectivity index (χ2v) is 7.72. The first-order valence-corrected chi connectivity index (χ1v) is 8.33. The fraction of sp³-hybridized carbons (Fsp3) is 0.417. The number of benzene rings is 1. The molecule has 82 valence electrons. The number of carboxylic acids is 1. The van der Waals surface area contributed by atoms with Crippen LogP contribution in [0.25, 0.3) is 0 Å². The van der Waals surface area contributed by atoms with Crippen LogP contribution in [0, 0.1) is 0 Å². The summed E-state index contributed by atoms with van der Waals surface area (Å²) in [6, 6.07) is 10.2. The van der Waals surface area contributed by atoms with Crippen molar-refractivity contribution in [3.05, 3.63) is 35.9 Å². The number of carboxylic acid groups (broad SMARTS) is 1. The molecule has 1 aromatic rings. The van der Waals surface area contributed by atoms with E-state index in [0.717, 1.165) is 6.42 Å². The van der Waals surface area contributed by atoms with E-state index in [-0.39, 0.29) is 0 Å². The molecule has 0 saturated heterocycles. The van der Waals surface area contributed by atoms with E-state index in [1.807, 2.05) is 18.2 Å². The summed E-state index contributed by atoms with van der Waals surface area (Å²) in [5.74, 6) is -0.669. The molecule has 0 aliphatic carbocycles. The third-order valence-corrected chi connectivity index (χ3v) is 5.08. The standard InChI is InChI=1S/C12H18O2Si/c1-15(2)11(9-12(13)14)8-10-6-4-3-5-7-10/h3-7,11,15H,8-9H2,1-2H3,(H,13,14). The molecule has 1 atom stereocenters. The van der Waals surface area contributed by atoms with Crippen LogP contribution in [0.2, 0.25) is 18.6 Å². The van der Waals surface area contributed by atoms with Crippen LogP contribution in [0.1, 0.15) is 12.0 Å². The Hall–Kier alpha value is -1.09. The lowest BCUT2D eigenvalue weighted by molar-refractivity contribution is -0.137. The van der Waals surface area contributed by atoms with Gasteiger partial charge < -0.3 is 5.11 Å². The van der Waals surface area contributed by atoms with Crippen molar-refractivity contribution in [3.63, 3.8) is 0 Å². The van der Waals surface area contributed by atoms with Gasteiger partial charge in [-0.3, -0.25) is 4.79 Å². The molecular weight excluding hydrogens is 204 g/mol. The third kappa shape index (κ3) is 4.30. The van der Waals surface area contributed by atoms with E-state index in [1.54, 1.807) is 0 Å². The molecule has 0 aliphatic rings. The van der Waals surface area contributed by atoms with Crippen LogP contribution in [-0.4, -0.2) is 19.9 Å². The Bertz CT molecular complexity index is 309. The van der Waals surface area contributed by atoms with Crippen molar-refractivity contribution in [1.29, 1.82) is 0 Å². The van der Waals surface area contributed by atoms with Crippen molar-refractivity contribution in [2.45, 2.75) is 31.5 Å². The number of rotatable bonds is 5. The lowest BCUT2D eigenvalue weighted by Crippen LogP contribution is -2.18. The molecule has 0 bridgehead atoms. The molecule has 1 aromatic carbocycles. The summed E-state index contributed by atoms with van der Waals surface area (Å²) in [4.78, 5) is 10.7. The van der Waals surface area contributed by atoms with Gasteiger partial charge in [0.2, 0.25) is 0 Å². The molecule has 1 rings (SSSR count). The third-order valence-electron chi connectivity index (χ3n) is 2.72. The zero-order chi connectivity index (χ0) is 11.3. The van der Waals surface area contributed by atoms with E-state index in [4.69, 9.17) is 5.11 Å². The molecule has 0 fully saturated rings. The van der Waals surface area contributed by atoms with Crippen LogP contribution in [0.4, 0.5) is 0 Å². The number of hydrogen-bond donors (Lipinski definition) is 1. The maximum atomic E-state index is 10.7. The zero-order valence-corrected chi connectivity index (χ0v) is 10.5. The van der Waals surface area contributed by atoms with E-state index in [1.165, 1.54) is 5.56 Å². The van der Waals surface area contributed by atoms with Crippen molar-refractivity contribution in [2.24, 2.45) is 0 Å². The van der Waals surface area contributed by atoms with Crippen LogP contribution in [0.3, 0.4) is 0 Å². The lowest BCUT2D eigenvalue weighted by atomic mass is 10.1. The first-order valence-electron chi connectivity index (χ1n) is 5.35. The predicted octanol–water partition coefficient (Wildman–Crippen LogP) is 2.56. The van der Waals surface area contributed by atoms with Crippen molar-refractivity contribution < 1.29 is 9.90 Å². The number of carbonyl (C=O) groups is 1. The number of hydrogen-bond acceptors (Lipinski definition) is 1. The van der Waals surface area contributed by atoms with Gasteiger partial charge in [0.25, 0.3) is 0 Å². The largest absolute Gasteiger partial charge is 0.481 e. The van der Waals surface area contributed by atoms with E-state index in [9.17, 15) is 4.79 Å². The molecule has 0 aliphatic heterocycles. The predicted molar refractivity (Wildman–Crippen MR) is 65.0 cm³/mol. The van der Waals surface area contributed by atoms with Crippen LogP contribution in [0.5, 0.6) is 0 Å². The lowest BCUT2D eigenvalue weighted by Gasteiger charge is -2.17. The minimum absolute atomic E-state index is 0.318. The molecule has 0 heterocycles. The van der Waals surface area contributed by atoms with Gasteiger partial charge in [0.15, 0.2) is 0 Å². The Kier molecular flexibility index (Phi) is 4.56. The molecule has 0 aromatic heterocycles. The summed E-state index contributed by atoms with van der Waals surface area (Å²) in [5, 5.41) is 8.83. The normalized spacial score (nSPS) is 12.7. The highest BCUT2D eigenvalue weighted by Crippen LogP contribution is 2.21. The monoisotopic (exact) mass is 222 g/mol. The minimum Gasteiger partial charge on any atom is -0.481 e. The SMILES string of the molecule is C[SiH](C)C(CC(=O)O)Cc1ccccc1. The van der Waals surface area contributed by atoms with Crippen molar-refractivity contribution in [3.8, 4) is 0 Å². The average Bonchev–Trinajstić information content (AvgIpc) is 2.17. The summed E-state index contributed by atoms with van der Waals surface area (Å²) in [7, 11) is -0.892. The number of aliphatic carboxylic acids is 1. The van der Waals surface area contributed by atoms with Crippen LogP contribution >= 0.6 is 0 Å². The van der Waals surface area contributed by atoms with Crippen molar-refractivity contribution in [2.75, 3.05) is 0 Å². The molecule has 3 heteroatoms. The van der Waals surface area contributed by atoms with Crippen LogP contribution < -0.4 is 0 Å². The second-order valence-electron chi connectivity index (χ2n) is 4.29. The van der Waals surface area contributed by atoms with Crippen LogP contribution in [-0.2, 0) is 11.2 Å². The average molecular weight is 222 g/mol. The smallest absolute Gasteiger partial charge is 0.303 e. The maximum Gasteiger partial charge on any atom is 0.303 e. The van der Waals surface area contributed by atoms with E-state index in [0.29, 0.717) is 12.0 Å². The Balaban J connectivity index is 2.63. The first kappa shape index (κ1) is 12.0. The highest BCUT2D eigenvalue weighted by Gasteiger charge is 2.18. The van der Waals surface area contributed by atoms with Crippen LogP contribution in [0.15, 0.2) is 30.3 Å². The van der Waals surface area contributed by atoms with E-state index in [2.05, 4.69) is 25.2 Å². The molecule has 0 spiro atoms. The molecule has 0 saturated carbocycles. The Morgan fingerprint density at radius 2 is 1.93 bits per heavy atom. The Labute approximate surface area is 92.6 Å². The summed E-state index contributed by atoms with van der Waals surface area (Å²) in [5.41, 5.74) is 1.62. The van der Waals surface area contributed by atoms with Gasteiger partial charge in [0.05, 0.1) is 0 Å². The molecule has 15 heavy (non-hydrogen) atoms. The van der Waals surface area contributed by atoms with Gasteiger partial charge in [-0.15, -0.1) is 0 Å². The minimum atomic E-state index is -0.892. The maximum absolute atomic E-state index is 10.7. The second kappa shape index (κ2) is 5.71. The molecule has 0 amide bonds. The summed E-state index contributed by atoms with van der Waals surface area (Å²) >= 11 is 0. The van der Waals surface area contributed by atoms with E-state index < -0.39 is 14.8 Å². The molecule has 1 N–H and O–H groups in total. The highest BCUT2D eigenvalue weighted by atomic mass is 28.3. The molecule has 0 radical (unpaired) electrons. The van der Waals surface area contributed by atoms with E-state index >= 15 is 0 Å². The highest BCUT2D eigenvalue weighted by molar-refractivity contribution is 6.57. The molecule has 2 nitrogen and oxygen atoms in total. The first-order chi connectivity index (χ1) is 7.09. The van der Waals surface area contributed by atoms with Crippen molar-refractivity contribution >= 4 is 14.8 Å². The summed E-state index contributed by atoms with van der Waals surface area (Å²) in [6.07, 6.45) is 1.23. The topological polar surface area (TPSA) is 37.3 Å². The van der Waals surface area contributed by atoms with Gasteiger partial charge >= 0.3 is 5.97 Å². The molecular formula is C12H18O2Si. The van der Waals surface area contributed by atoms with Gasteiger partial charge in [0.1, 0.15) is 0 Å². The zero-order valence-electron chi connectivity index (χ0n) is 9.31. The molecule has 1 unspecified atom stereocenters. The fourth-order valence-electron chi connectivity index (χ4n) is 1.68.